The summed E-state index contributed by atoms with van der Waals surface area (Å²) >= 11 is 17.2. The van der Waals surface area contributed by atoms with Crippen molar-refractivity contribution in [2.24, 2.45) is 0 Å². The first-order valence-corrected chi connectivity index (χ1v) is 6.00. The fourth-order valence-corrected chi connectivity index (χ4v) is 1.72. The molecule has 19 heavy (non-hydrogen) atoms. The lowest BCUT2D eigenvalue weighted by Crippen LogP contribution is -2.01. The van der Waals surface area contributed by atoms with Gasteiger partial charge in [0.25, 0.3) is 0 Å². The van der Waals surface area contributed by atoms with Crippen LogP contribution in [0.4, 0.5) is 17.2 Å². The molecule has 0 aliphatic carbocycles. The molecule has 0 radical (unpaired) electrons. The van der Waals surface area contributed by atoms with Gasteiger partial charge in [-0.25, -0.2) is 4.98 Å². The molecule has 6 nitrogen and oxygen atoms in total. The Balaban J connectivity index is 2.39. The Hall–Kier alpha value is -1.63. The van der Waals surface area contributed by atoms with E-state index in [0.717, 1.165) is 6.20 Å². The third-order valence-corrected chi connectivity index (χ3v) is 3.04. The van der Waals surface area contributed by atoms with Crippen molar-refractivity contribution in [2.45, 2.75) is 0 Å². The minimum atomic E-state index is -0.615. The van der Waals surface area contributed by atoms with Gasteiger partial charge in [-0.2, -0.15) is 4.98 Å². The maximum absolute atomic E-state index is 10.8. The molecule has 0 fully saturated rings. The van der Waals surface area contributed by atoms with Gasteiger partial charge in [0.05, 0.1) is 15.0 Å². The van der Waals surface area contributed by atoms with Gasteiger partial charge in [-0.3, -0.25) is 10.1 Å². The highest BCUT2D eigenvalue weighted by Gasteiger charge is 2.17. The molecule has 98 valence electrons. The third-order valence-electron chi connectivity index (χ3n) is 2.12. The predicted molar refractivity (Wildman–Crippen MR) is 73.4 cm³/mol. The molecule has 1 heterocycles. The number of hydrogen-bond acceptors (Lipinski definition) is 5. The second kappa shape index (κ2) is 5.56. The summed E-state index contributed by atoms with van der Waals surface area (Å²) in [7, 11) is 0. The quantitative estimate of drug-likeness (QED) is 0.523. The van der Waals surface area contributed by atoms with E-state index in [1.165, 1.54) is 6.07 Å². The van der Waals surface area contributed by atoms with E-state index in [1.807, 2.05) is 0 Å². The van der Waals surface area contributed by atoms with Gasteiger partial charge in [0, 0.05) is 5.69 Å². The molecule has 0 atom stereocenters. The highest BCUT2D eigenvalue weighted by atomic mass is 35.5. The average Bonchev–Trinajstić information content (AvgIpc) is 2.33. The van der Waals surface area contributed by atoms with Crippen LogP contribution in [0.5, 0.6) is 0 Å². The fourth-order valence-electron chi connectivity index (χ4n) is 1.29. The Morgan fingerprint density at radius 1 is 1.21 bits per heavy atom. The number of aromatic nitrogens is 2. The lowest BCUT2D eigenvalue weighted by atomic mass is 10.3. The van der Waals surface area contributed by atoms with Crippen molar-refractivity contribution in [1.82, 2.24) is 9.97 Å². The Bertz CT molecular complexity index is 651. The summed E-state index contributed by atoms with van der Waals surface area (Å²) in [6.07, 6.45) is 1.02. The van der Waals surface area contributed by atoms with E-state index >= 15 is 0 Å². The molecule has 0 bridgehead atoms. The molecule has 2 aromatic rings. The molecule has 0 amide bonds. The first-order chi connectivity index (χ1) is 8.97. The van der Waals surface area contributed by atoms with Crippen LogP contribution in [0.25, 0.3) is 0 Å². The highest BCUT2D eigenvalue weighted by Crippen LogP contribution is 2.29. The van der Waals surface area contributed by atoms with E-state index in [2.05, 4.69) is 15.3 Å². The number of nitro groups is 1. The van der Waals surface area contributed by atoms with E-state index in [1.54, 1.807) is 12.1 Å². The number of nitrogens with one attached hydrogen (secondary N) is 1. The minimum absolute atomic E-state index is 0.0246. The smallest absolute Gasteiger partial charge is 0.329 e. The number of halogens is 3. The predicted octanol–water partition coefficient (Wildman–Crippen LogP) is 4.09. The zero-order valence-corrected chi connectivity index (χ0v) is 11.4. The summed E-state index contributed by atoms with van der Waals surface area (Å²) < 4.78 is 0. The third kappa shape index (κ3) is 3.23. The molecule has 0 unspecified atom stereocenters. The molecule has 1 aromatic heterocycles. The maximum Gasteiger partial charge on any atom is 0.329 e. The summed E-state index contributed by atoms with van der Waals surface area (Å²) in [4.78, 5) is 17.6. The summed E-state index contributed by atoms with van der Waals surface area (Å²) in [5.41, 5.74) is 0.197. The number of rotatable bonds is 3. The Labute approximate surface area is 122 Å². The lowest BCUT2D eigenvalue weighted by molar-refractivity contribution is -0.384. The van der Waals surface area contributed by atoms with E-state index in [-0.39, 0.29) is 16.8 Å². The largest absolute Gasteiger partial charge is 0.334 e. The van der Waals surface area contributed by atoms with Gasteiger partial charge in [0.15, 0.2) is 0 Å². The summed E-state index contributed by atoms with van der Waals surface area (Å²) in [5, 5.41) is 14.2. The van der Waals surface area contributed by atoms with E-state index < -0.39 is 4.92 Å². The van der Waals surface area contributed by atoms with Crippen LogP contribution in [0.2, 0.25) is 15.3 Å². The second-order valence-corrected chi connectivity index (χ2v) is 4.54. The monoisotopic (exact) mass is 318 g/mol. The van der Waals surface area contributed by atoms with E-state index in [9.17, 15) is 10.1 Å². The van der Waals surface area contributed by atoms with Crippen molar-refractivity contribution < 1.29 is 4.92 Å². The summed E-state index contributed by atoms with van der Waals surface area (Å²) in [6, 6.07) is 4.68. The first-order valence-electron chi connectivity index (χ1n) is 4.86. The lowest BCUT2D eigenvalue weighted by Gasteiger charge is -2.07. The van der Waals surface area contributed by atoms with Gasteiger partial charge in [0.1, 0.15) is 6.20 Å². The molecule has 0 spiro atoms. The Morgan fingerprint density at radius 3 is 2.58 bits per heavy atom. The van der Waals surface area contributed by atoms with Gasteiger partial charge >= 0.3 is 5.69 Å². The summed E-state index contributed by atoms with van der Waals surface area (Å²) in [6.45, 7) is 0. The number of benzene rings is 1. The van der Waals surface area contributed by atoms with Gasteiger partial charge in [-0.1, -0.05) is 23.2 Å². The molecule has 1 aromatic carbocycles. The van der Waals surface area contributed by atoms with Crippen LogP contribution in [-0.2, 0) is 0 Å². The van der Waals surface area contributed by atoms with Crippen LogP contribution in [0.3, 0.4) is 0 Å². The molecule has 0 aliphatic rings. The number of nitrogens with zero attached hydrogens (tertiary/aromatic N) is 3. The first kappa shape index (κ1) is 13.8. The minimum Gasteiger partial charge on any atom is -0.334 e. The van der Waals surface area contributed by atoms with Crippen LogP contribution >= 0.6 is 34.8 Å². The highest BCUT2D eigenvalue weighted by molar-refractivity contribution is 6.42. The van der Waals surface area contributed by atoms with Crippen LogP contribution in [0, 0.1) is 10.1 Å². The molecular weight excluding hydrogens is 314 g/mol. The SMILES string of the molecule is O=[N+]([O-])c1cnc(Cl)nc1Nc1ccc(Cl)c(Cl)c1. The zero-order valence-electron chi connectivity index (χ0n) is 9.10. The van der Waals surface area contributed by atoms with Crippen LogP contribution in [0.1, 0.15) is 0 Å². The normalized spacial score (nSPS) is 10.3. The van der Waals surface area contributed by atoms with E-state index in [4.69, 9.17) is 34.8 Å². The van der Waals surface area contributed by atoms with Crippen molar-refractivity contribution >= 4 is 52.0 Å². The van der Waals surface area contributed by atoms with Crippen molar-refractivity contribution in [3.63, 3.8) is 0 Å². The fraction of sp³-hybridized carbons (Fsp3) is 0. The molecule has 2 rings (SSSR count). The van der Waals surface area contributed by atoms with Crippen molar-refractivity contribution in [2.75, 3.05) is 5.32 Å². The standard InChI is InChI=1S/C10H5Cl3N4O2/c11-6-2-1-5(3-7(6)12)15-9-8(17(18)19)4-14-10(13)16-9/h1-4H,(H,14,15,16). The van der Waals surface area contributed by atoms with Crippen LogP contribution < -0.4 is 5.32 Å². The second-order valence-electron chi connectivity index (χ2n) is 3.38. The topological polar surface area (TPSA) is 81.0 Å². The molecule has 0 saturated carbocycles. The van der Waals surface area contributed by atoms with Crippen molar-refractivity contribution in [1.29, 1.82) is 0 Å². The molecule has 9 heteroatoms. The van der Waals surface area contributed by atoms with Gasteiger partial charge in [0.2, 0.25) is 11.1 Å². The maximum atomic E-state index is 10.8. The number of hydrogen-bond donors (Lipinski definition) is 1. The van der Waals surface area contributed by atoms with Crippen molar-refractivity contribution in [3.05, 3.63) is 49.8 Å². The summed E-state index contributed by atoms with van der Waals surface area (Å²) in [5.74, 6) is -0.0246. The zero-order chi connectivity index (χ0) is 14.0. The number of anilines is 2. The molecule has 1 N–H and O–H groups in total. The van der Waals surface area contributed by atoms with Gasteiger partial charge < -0.3 is 5.32 Å². The van der Waals surface area contributed by atoms with Gasteiger partial charge in [-0.15, -0.1) is 0 Å². The molecule has 0 aliphatic heterocycles. The van der Waals surface area contributed by atoms with Crippen molar-refractivity contribution in [3.8, 4) is 0 Å². The molecule has 0 saturated heterocycles. The Morgan fingerprint density at radius 2 is 1.95 bits per heavy atom. The Kier molecular flexibility index (Phi) is 4.04. The van der Waals surface area contributed by atoms with Crippen LogP contribution in [-0.4, -0.2) is 14.9 Å². The molecular formula is C10H5Cl3N4O2. The van der Waals surface area contributed by atoms with E-state index in [0.29, 0.717) is 15.7 Å². The average molecular weight is 320 g/mol. The van der Waals surface area contributed by atoms with Gasteiger partial charge in [-0.05, 0) is 29.8 Å². The van der Waals surface area contributed by atoms with Crippen LogP contribution in [0.15, 0.2) is 24.4 Å².